The van der Waals surface area contributed by atoms with Gasteiger partial charge in [0.2, 0.25) is 5.79 Å². The minimum Gasteiger partial charge on any atom is -0.487 e. The molecule has 2 heterocycles. The lowest BCUT2D eigenvalue weighted by Crippen LogP contribution is -2.63. The molecule has 188 valence electrons. The van der Waals surface area contributed by atoms with Gasteiger partial charge in [0.25, 0.3) is 0 Å². The van der Waals surface area contributed by atoms with Crippen molar-refractivity contribution >= 4 is 0 Å². The SMILES string of the molecule is CCc1ccc(Cc2cc([C@]3(O)O[C@H](CO)[C@@H](O)[C@H](O)[C@H]3O)c(O[C@H]3CCOC3)cc2C#N)cc1. The molecule has 0 aliphatic carbocycles. The standard InChI is InChI=1S/C26H31NO8/c1-2-15-3-5-16(6-4-15)9-17-10-20(21(11-18(17)12-27)34-19-7-8-33-14-19)26(32)25(31)24(30)23(29)22(13-28)35-26/h3-6,10-11,19,22-25,28-32H,2,7-9,13-14H2,1H3/t19-,22+,23+,24-,25+,26-/m0/s1. The Morgan fingerprint density at radius 3 is 2.43 bits per heavy atom. The Balaban J connectivity index is 1.80. The Morgan fingerprint density at radius 2 is 1.83 bits per heavy atom. The topological polar surface area (TPSA) is 153 Å². The molecule has 2 aliphatic heterocycles. The lowest BCUT2D eigenvalue weighted by Gasteiger charge is -2.46. The van der Waals surface area contributed by atoms with Crippen LogP contribution in [-0.4, -0.2) is 75.9 Å². The minimum absolute atomic E-state index is 0.0134. The normalized spacial score (nSPS) is 30.7. The van der Waals surface area contributed by atoms with E-state index in [1.807, 2.05) is 24.3 Å². The minimum atomic E-state index is -2.52. The van der Waals surface area contributed by atoms with Crippen LogP contribution in [0.1, 0.15) is 41.2 Å². The molecule has 2 fully saturated rings. The third-order valence-electron chi connectivity index (χ3n) is 6.69. The van der Waals surface area contributed by atoms with E-state index in [1.54, 1.807) is 0 Å². The Kier molecular flexibility index (Phi) is 7.73. The van der Waals surface area contributed by atoms with Gasteiger partial charge in [-0.3, -0.25) is 0 Å². The first-order valence-electron chi connectivity index (χ1n) is 11.8. The zero-order chi connectivity index (χ0) is 25.2. The third kappa shape index (κ3) is 5.06. The second-order valence-corrected chi connectivity index (χ2v) is 9.03. The maximum Gasteiger partial charge on any atom is 0.226 e. The van der Waals surface area contributed by atoms with Gasteiger partial charge in [-0.15, -0.1) is 0 Å². The van der Waals surface area contributed by atoms with Gasteiger partial charge in [-0.05, 0) is 41.7 Å². The highest BCUT2D eigenvalue weighted by Gasteiger charge is 2.55. The van der Waals surface area contributed by atoms with Crippen molar-refractivity contribution in [2.45, 2.75) is 62.5 Å². The first-order valence-corrected chi connectivity index (χ1v) is 11.8. The van der Waals surface area contributed by atoms with Crippen LogP contribution in [0.4, 0.5) is 0 Å². The van der Waals surface area contributed by atoms with E-state index in [1.165, 1.54) is 17.7 Å². The molecule has 0 saturated carbocycles. The first kappa shape index (κ1) is 25.5. The van der Waals surface area contributed by atoms with E-state index in [0.29, 0.717) is 37.2 Å². The highest BCUT2D eigenvalue weighted by molar-refractivity contribution is 5.52. The average molecular weight is 486 g/mol. The number of aliphatic hydroxyl groups excluding tert-OH is 4. The highest BCUT2D eigenvalue weighted by Crippen LogP contribution is 2.42. The number of nitrogens with zero attached hydrogens (tertiary/aromatic N) is 1. The molecule has 6 atom stereocenters. The lowest BCUT2D eigenvalue weighted by atomic mass is 9.85. The van der Waals surface area contributed by atoms with Crippen LogP contribution >= 0.6 is 0 Å². The molecule has 2 aromatic rings. The Hall–Kier alpha value is -2.55. The molecular weight excluding hydrogens is 454 g/mol. The van der Waals surface area contributed by atoms with Gasteiger partial charge in [0.1, 0.15) is 36.3 Å². The van der Waals surface area contributed by atoms with E-state index in [9.17, 15) is 30.8 Å². The number of hydrogen-bond donors (Lipinski definition) is 5. The molecule has 35 heavy (non-hydrogen) atoms. The molecule has 2 aliphatic rings. The molecule has 4 rings (SSSR count). The van der Waals surface area contributed by atoms with E-state index in [4.69, 9.17) is 14.2 Å². The van der Waals surface area contributed by atoms with Crippen LogP contribution in [0.3, 0.4) is 0 Å². The van der Waals surface area contributed by atoms with E-state index >= 15 is 0 Å². The molecule has 5 N–H and O–H groups in total. The first-order chi connectivity index (χ1) is 16.8. The fourth-order valence-corrected chi connectivity index (χ4v) is 4.53. The summed E-state index contributed by atoms with van der Waals surface area (Å²) >= 11 is 0. The zero-order valence-electron chi connectivity index (χ0n) is 19.5. The predicted octanol–water partition coefficient (Wildman–Crippen LogP) is 0.498. The van der Waals surface area contributed by atoms with Crippen molar-refractivity contribution in [1.82, 2.24) is 0 Å². The summed E-state index contributed by atoms with van der Waals surface area (Å²) in [5.74, 6) is -2.43. The molecule has 0 aromatic heterocycles. The number of ether oxygens (including phenoxy) is 3. The van der Waals surface area contributed by atoms with Crippen LogP contribution in [0.5, 0.6) is 5.75 Å². The number of aryl methyl sites for hydroxylation is 1. The molecule has 0 spiro atoms. The summed E-state index contributed by atoms with van der Waals surface area (Å²) in [5.41, 5.74) is 2.96. The monoisotopic (exact) mass is 485 g/mol. The quantitative estimate of drug-likeness (QED) is 0.377. The maximum atomic E-state index is 11.5. The van der Waals surface area contributed by atoms with Gasteiger partial charge in [-0.2, -0.15) is 5.26 Å². The molecule has 2 saturated heterocycles. The number of benzene rings is 2. The van der Waals surface area contributed by atoms with Gasteiger partial charge in [0, 0.05) is 6.42 Å². The molecule has 0 bridgehead atoms. The van der Waals surface area contributed by atoms with Crippen molar-refractivity contribution in [3.8, 4) is 11.8 Å². The molecule has 0 amide bonds. The van der Waals surface area contributed by atoms with Crippen LogP contribution in [0.25, 0.3) is 0 Å². The summed E-state index contributed by atoms with van der Waals surface area (Å²) in [4.78, 5) is 0. The number of aliphatic hydroxyl groups is 5. The van der Waals surface area contributed by atoms with Crippen molar-refractivity contribution in [2.24, 2.45) is 0 Å². The third-order valence-corrected chi connectivity index (χ3v) is 6.69. The summed E-state index contributed by atoms with van der Waals surface area (Å²) in [6, 6.07) is 13.1. The van der Waals surface area contributed by atoms with Crippen LogP contribution in [0.2, 0.25) is 0 Å². The van der Waals surface area contributed by atoms with Crippen LogP contribution in [0, 0.1) is 11.3 Å². The Labute approximate surface area is 203 Å². The number of hydrogen-bond acceptors (Lipinski definition) is 9. The largest absolute Gasteiger partial charge is 0.487 e. The van der Waals surface area contributed by atoms with E-state index in [2.05, 4.69) is 13.0 Å². The Morgan fingerprint density at radius 1 is 1.11 bits per heavy atom. The van der Waals surface area contributed by atoms with Crippen molar-refractivity contribution in [3.05, 3.63) is 64.2 Å². The predicted molar refractivity (Wildman–Crippen MR) is 124 cm³/mol. The van der Waals surface area contributed by atoms with Gasteiger partial charge in [0.15, 0.2) is 0 Å². The van der Waals surface area contributed by atoms with Crippen molar-refractivity contribution in [1.29, 1.82) is 5.26 Å². The van der Waals surface area contributed by atoms with E-state index in [-0.39, 0.29) is 17.4 Å². The number of rotatable bonds is 7. The smallest absolute Gasteiger partial charge is 0.226 e. The van der Waals surface area contributed by atoms with Crippen molar-refractivity contribution in [2.75, 3.05) is 19.8 Å². The van der Waals surface area contributed by atoms with Gasteiger partial charge < -0.3 is 39.7 Å². The molecule has 9 heteroatoms. The van der Waals surface area contributed by atoms with Gasteiger partial charge >= 0.3 is 0 Å². The second-order valence-electron chi connectivity index (χ2n) is 9.03. The summed E-state index contributed by atoms with van der Waals surface area (Å²) in [6.45, 7) is 2.17. The van der Waals surface area contributed by atoms with Crippen LogP contribution in [-0.2, 0) is 28.1 Å². The summed E-state index contributed by atoms with van der Waals surface area (Å²) in [6.07, 6.45) is -5.22. The molecule has 0 unspecified atom stereocenters. The summed E-state index contributed by atoms with van der Waals surface area (Å²) < 4.78 is 17.0. The van der Waals surface area contributed by atoms with Crippen molar-refractivity contribution in [3.63, 3.8) is 0 Å². The average Bonchev–Trinajstić information content (AvgIpc) is 3.39. The van der Waals surface area contributed by atoms with Crippen LogP contribution in [0.15, 0.2) is 36.4 Å². The van der Waals surface area contributed by atoms with E-state index < -0.39 is 36.8 Å². The second kappa shape index (κ2) is 10.6. The Bertz CT molecular complexity index is 1060. The fourth-order valence-electron chi connectivity index (χ4n) is 4.53. The van der Waals surface area contributed by atoms with E-state index in [0.717, 1.165) is 12.0 Å². The molecule has 9 nitrogen and oxygen atoms in total. The van der Waals surface area contributed by atoms with Gasteiger partial charge in [0.05, 0.1) is 37.0 Å². The highest BCUT2D eigenvalue weighted by atomic mass is 16.7. The maximum absolute atomic E-state index is 11.5. The van der Waals surface area contributed by atoms with Gasteiger partial charge in [-0.25, -0.2) is 0 Å². The summed E-state index contributed by atoms with van der Waals surface area (Å²) in [7, 11) is 0. The molecule has 2 aromatic carbocycles. The number of nitriles is 1. The van der Waals surface area contributed by atoms with Crippen LogP contribution < -0.4 is 4.74 Å². The fraction of sp³-hybridized carbons (Fsp3) is 0.500. The summed E-state index contributed by atoms with van der Waals surface area (Å²) in [5, 5.41) is 62.4. The zero-order valence-corrected chi connectivity index (χ0v) is 19.5. The van der Waals surface area contributed by atoms with Crippen molar-refractivity contribution < 1.29 is 39.7 Å². The molecule has 0 radical (unpaired) electrons. The lowest BCUT2D eigenvalue weighted by molar-refractivity contribution is -0.358. The molecular formula is C26H31NO8. The van der Waals surface area contributed by atoms with Gasteiger partial charge in [-0.1, -0.05) is 31.2 Å².